The van der Waals surface area contributed by atoms with Gasteiger partial charge >= 0.3 is 5.69 Å². The molecule has 158 valence electrons. The van der Waals surface area contributed by atoms with E-state index in [2.05, 4.69) is 5.32 Å². The number of fused-ring (bicyclic) bond motifs is 1. The van der Waals surface area contributed by atoms with E-state index in [4.69, 9.17) is 0 Å². The minimum absolute atomic E-state index is 0.00401. The van der Waals surface area contributed by atoms with Crippen LogP contribution in [-0.2, 0) is 27.7 Å². The molecule has 0 radical (unpaired) electrons. The number of amides is 1. The van der Waals surface area contributed by atoms with E-state index in [-0.39, 0.29) is 33.0 Å². The molecule has 1 aromatic heterocycles. The van der Waals surface area contributed by atoms with Crippen LogP contribution in [-0.4, -0.2) is 23.5 Å². The fraction of sp³-hybridized carbons (Fsp3) is 0.364. The molecule has 1 aliphatic carbocycles. The van der Waals surface area contributed by atoms with Gasteiger partial charge in [-0.3, -0.25) is 13.9 Å². The zero-order valence-corrected chi connectivity index (χ0v) is 17.9. The Bertz CT molecular complexity index is 1270. The summed E-state index contributed by atoms with van der Waals surface area (Å²) in [6, 6.07) is 11.3. The van der Waals surface area contributed by atoms with Gasteiger partial charge in [-0.2, -0.15) is 0 Å². The average molecular weight is 428 g/mol. The topological polar surface area (TPSA) is 90.2 Å². The molecule has 0 bridgehead atoms. The van der Waals surface area contributed by atoms with E-state index in [1.165, 1.54) is 18.2 Å². The molecule has 1 amide bonds. The summed E-state index contributed by atoms with van der Waals surface area (Å²) >= 11 is 0. The van der Waals surface area contributed by atoms with Gasteiger partial charge in [0.05, 0.1) is 26.5 Å². The molecule has 1 fully saturated rings. The molecule has 8 heteroatoms. The van der Waals surface area contributed by atoms with Gasteiger partial charge in [0.25, 0.3) is 0 Å². The molecule has 4 rings (SSSR count). The quantitative estimate of drug-likeness (QED) is 0.653. The van der Waals surface area contributed by atoms with Crippen LogP contribution in [0.1, 0.15) is 33.1 Å². The van der Waals surface area contributed by atoms with Crippen molar-refractivity contribution < 1.29 is 13.2 Å². The third kappa shape index (κ3) is 3.25. The summed E-state index contributed by atoms with van der Waals surface area (Å²) in [6.07, 6.45) is 2.61. The number of carbonyl (C=O) groups is 1. The predicted molar refractivity (Wildman–Crippen MR) is 115 cm³/mol. The normalized spacial score (nSPS) is 14.6. The van der Waals surface area contributed by atoms with Crippen LogP contribution in [0.3, 0.4) is 0 Å². The summed E-state index contributed by atoms with van der Waals surface area (Å²) in [7, 11) is -3.90. The minimum Gasteiger partial charge on any atom is -0.325 e. The van der Waals surface area contributed by atoms with Gasteiger partial charge in [0.1, 0.15) is 0 Å². The second kappa shape index (κ2) is 7.75. The summed E-state index contributed by atoms with van der Waals surface area (Å²) < 4.78 is 30.0. The highest BCUT2D eigenvalue weighted by molar-refractivity contribution is 7.91. The van der Waals surface area contributed by atoms with Crippen LogP contribution < -0.4 is 11.0 Å². The van der Waals surface area contributed by atoms with Gasteiger partial charge < -0.3 is 5.32 Å². The first-order valence-corrected chi connectivity index (χ1v) is 11.7. The Morgan fingerprint density at radius 2 is 1.63 bits per heavy atom. The van der Waals surface area contributed by atoms with Crippen molar-refractivity contribution >= 4 is 32.5 Å². The van der Waals surface area contributed by atoms with Gasteiger partial charge in [0, 0.05) is 19.0 Å². The predicted octanol–water partition coefficient (Wildman–Crippen LogP) is 3.41. The molecule has 1 aliphatic rings. The molecular weight excluding hydrogens is 402 g/mol. The van der Waals surface area contributed by atoms with Gasteiger partial charge in [-0.25, -0.2) is 13.2 Å². The molecule has 0 saturated heterocycles. The molecular formula is C22H25N3O4S. The van der Waals surface area contributed by atoms with E-state index in [9.17, 15) is 18.0 Å². The molecule has 3 aromatic rings. The monoisotopic (exact) mass is 427 g/mol. The van der Waals surface area contributed by atoms with Gasteiger partial charge in [-0.1, -0.05) is 24.6 Å². The zero-order valence-electron chi connectivity index (χ0n) is 17.1. The Morgan fingerprint density at radius 1 is 1.03 bits per heavy atom. The van der Waals surface area contributed by atoms with E-state index in [0.717, 1.165) is 19.3 Å². The molecule has 1 saturated carbocycles. The van der Waals surface area contributed by atoms with Crippen LogP contribution in [0.2, 0.25) is 0 Å². The number of carbonyl (C=O) groups excluding carboxylic acids is 1. The summed E-state index contributed by atoms with van der Waals surface area (Å²) in [5, 5.41) is 2.84. The first-order valence-electron chi connectivity index (χ1n) is 10.3. The number of nitrogens with one attached hydrogen (secondary N) is 1. The Morgan fingerprint density at radius 3 is 2.17 bits per heavy atom. The summed E-state index contributed by atoms with van der Waals surface area (Å²) in [4.78, 5) is 25.6. The smallest absolute Gasteiger partial charge is 0.325 e. The fourth-order valence-corrected chi connectivity index (χ4v) is 5.34. The van der Waals surface area contributed by atoms with Crippen molar-refractivity contribution in [3.05, 3.63) is 52.9 Å². The highest BCUT2D eigenvalue weighted by Gasteiger charge is 2.29. The first kappa shape index (κ1) is 20.4. The van der Waals surface area contributed by atoms with Crippen LogP contribution in [0.25, 0.3) is 11.0 Å². The highest BCUT2D eigenvalue weighted by Crippen LogP contribution is 2.34. The van der Waals surface area contributed by atoms with Crippen molar-refractivity contribution in [2.75, 3.05) is 5.32 Å². The number of anilines is 1. The number of hydrogen-bond acceptors (Lipinski definition) is 4. The SMILES string of the molecule is CCn1c(=O)n(CC)c2cc(S(=O)(=O)c3ccccc3)c(NC(=O)C3CCC3)cc21. The first-order chi connectivity index (χ1) is 14.4. The molecule has 1 heterocycles. The van der Waals surface area contributed by atoms with Gasteiger partial charge in [-0.05, 0) is 51.0 Å². The number of rotatable bonds is 6. The van der Waals surface area contributed by atoms with E-state index in [0.29, 0.717) is 24.1 Å². The molecule has 2 aromatic carbocycles. The lowest BCUT2D eigenvalue weighted by Gasteiger charge is -2.24. The van der Waals surface area contributed by atoms with Crippen LogP contribution in [0, 0.1) is 5.92 Å². The number of aryl methyl sites for hydroxylation is 2. The molecule has 0 aliphatic heterocycles. The largest absolute Gasteiger partial charge is 0.329 e. The Balaban J connectivity index is 1.97. The van der Waals surface area contributed by atoms with E-state index in [1.54, 1.807) is 33.4 Å². The van der Waals surface area contributed by atoms with Crippen LogP contribution in [0.5, 0.6) is 0 Å². The maximum absolute atomic E-state index is 13.4. The average Bonchev–Trinajstić information content (AvgIpc) is 2.96. The lowest BCUT2D eigenvalue weighted by molar-refractivity contribution is -0.122. The van der Waals surface area contributed by atoms with Crippen molar-refractivity contribution in [1.82, 2.24) is 9.13 Å². The van der Waals surface area contributed by atoms with Gasteiger partial charge in [-0.15, -0.1) is 0 Å². The number of hydrogen-bond donors (Lipinski definition) is 1. The molecule has 0 spiro atoms. The lowest BCUT2D eigenvalue weighted by atomic mass is 9.85. The molecule has 1 N–H and O–H groups in total. The van der Waals surface area contributed by atoms with E-state index in [1.807, 2.05) is 13.8 Å². The molecule has 0 atom stereocenters. The van der Waals surface area contributed by atoms with E-state index >= 15 is 0 Å². The number of aromatic nitrogens is 2. The summed E-state index contributed by atoms with van der Waals surface area (Å²) in [6.45, 7) is 4.57. The zero-order chi connectivity index (χ0) is 21.5. The number of imidazole rings is 1. The lowest BCUT2D eigenvalue weighted by Crippen LogP contribution is -2.28. The third-order valence-corrected chi connectivity index (χ3v) is 7.64. The standard InChI is InChI=1S/C22H25N3O4S/c1-3-24-18-13-17(23-21(26)15-9-8-10-15)20(14-19(18)25(4-2)22(24)27)30(28,29)16-11-6-5-7-12-16/h5-7,11-15H,3-4,8-10H2,1-2H3,(H,23,26). The van der Waals surface area contributed by atoms with Crippen molar-refractivity contribution in [3.8, 4) is 0 Å². The minimum atomic E-state index is -3.90. The maximum atomic E-state index is 13.4. The van der Waals surface area contributed by atoms with Crippen molar-refractivity contribution in [1.29, 1.82) is 0 Å². The second-order valence-electron chi connectivity index (χ2n) is 7.54. The third-order valence-electron chi connectivity index (χ3n) is 5.83. The van der Waals surface area contributed by atoms with Gasteiger partial charge in [0.2, 0.25) is 15.7 Å². The second-order valence-corrected chi connectivity index (χ2v) is 9.46. The summed E-state index contributed by atoms with van der Waals surface area (Å²) in [5.41, 5.74) is 1.18. The van der Waals surface area contributed by atoms with Gasteiger partial charge in [0.15, 0.2) is 0 Å². The van der Waals surface area contributed by atoms with E-state index < -0.39 is 9.84 Å². The maximum Gasteiger partial charge on any atom is 0.329 e. The Labute approximate surface area is 175 Å². The van der Waals surface area contributed by atoms with Crippen LogP contribution >= 0.6 is 0 Å². The van der Waals surface area contributed by atoms with Crippen molar-refractivity contribution in [2.24, 2.45) is 5.92 Å². The van der Waals surface area contributed by atoms with Crippen LogP contribution in [0.15, 0.2) is 57.1 Å². The number of benzene rings is 2. The molecule has 0 unspecified atom stereocenters. The Kier molecular flexibility index (Phi) is 5.27. The number of nitrogens with zero attached hydrogens (tertiary/aromatic N) is 2. The number of sulfone groups is 1. The fourth-order valence-electron chi connectivity index (χ4n) is 3.90. The molecule has 30 heavy (non-hydrogen) atoms. The highest BCUT2D eigenvalue weighted by atomic mass is 32.2. The molecule has 7 nitrogen and oxygen atoms in total. The van der Waals surface area contributed by atoms with Crippen LogP contribution in [0.4, 0.5) is 5.69 Å². The van der Waals surface area contributed by atoms with Crippen molar-refractivity contribution in [2.45, 2.75) is 56.0 Å². The van der Waals surface area contributed by atoms with Crippen molar-refractivity contribution in [3.63, 3.8) is 0 Å². The Hall–Kier alpha value is -2.87. The summed E-state index contributed by atoms with van der Waals surface area (Å²) in [5.74, 6) is -0.271.